The summed E-state index contributed by atoms with van der Waals surface area (Å²) >= 11 is 0. The molecule has 0 radical (unpaired) electrons. The number of fused-ring (bicyclic) bond motifs is 4. The van der Waals surface area contributed by atoms with Crippen LogP contribution in [0.25, 0.3) is 66.1 Å². The van der Waals surface area contributed by atoms with Gasteiger partial charge >= 0.3 is 0 Å². The summed E-state index contributed by atoms with van der Waals surface area (Å²) < 4.78 is 6.67. The van der Waals surface area contributed by atoms with E-state index in [4.69, 9.17) is 14.4 Å². The van der Waals surface area contributed by atoms with E-state index in [0.717, 1.165) is 61.2 Å². The van der Waals surface area contributed by atoms with Crippen molar-refractivity contribution in [2.24, 2.45) is 9.98 Å². The van der Waals surface area contributed by atoms with Crippen molar-refractivity contribution in [1.82, 2.24) is 5.32 Å². The zero-order chi connectivity index (χ0) is 35.1. The molecule has 250 valence electrons. The van der Waals surface area contributed by atoms with Crippen LogP contribution in [-0.4, -0.2) is 11.7 Å². The average molecular weight is 680 g/mol. The van der Waals surface area contributed by atoms with E-state index >= 15 is 0 Å². The standard InChI is InChI=1S/C49H33N3O/c1-3-11-32(12-4-1)34-19-21-35(22-20-34)36-23-26-38(27-24-36)48-50-47(37-14-5-2-6-15-37)51-49(52-48)43-30-29-41(40-28-25-33-13-7-8-16-39(33)31-40)46-45(43)42-17-9-10-18-44(42)53-46/h1-31,48H,(H,50,51,52). The predicted molar refractivity (Wildman–Crippen MR) is 219 cm³/mol. The largest absolute Gasteiger partial charge is 0.455 e. The molecule has 1 unspecified atom stereocenters. The van der Waals surface area contributed by atoms with Gasteiger partial charge in [0.2, 0.25) is 0 Å². The number of furan rings is 1. The molecule has 0 bridgehead atoms. The van der Waals surface area contributed by atoms with Crippen LogP contribution in [0.4, 0.5) is 0 Å². The van der Waals surface area contributed by atoms with E-state index in [-0.39, 0.29) is 6.17 Å². The first-order valence-electron chi connectivity index (χ1n) is 17.9. The third kappa shape index (κ3) is 5.67. The minimum atomic E-state index is -0.347. The molecule has 4 heteroatoms. The molecule has 1 atom stereocenters. The molecule has 0 fully saturated rings. The van der Waals surface area contributed by atoms with Gasteiger partial charge in [-0.1, -0.05) is 164 Å². The summed E-state index contributed by atoms with van der Waals surface area (Å²) in [5.74, 6) is 1.44. The van der Waals surface area contributed by atoms with Gasteiger partial charge in [-0.2, -0.15) is 0 Å². The van der Waals surface area contributed by atoms with E-state index in [2.05, 4.69) is 157 Å². The lowest BCUT2D eigenvalue weighted by atomic mass is 9.96. The Hall–Kier alpha value is -7.04. The second-order valence-electron chi connectivity index (χ2n) is 13.4. The molecule has 53 heavy (non-hydrogen) atoms. The summed E-state index contributed by atoms with van der Waals surface area (Å²) in [7, 11) is 0. The van der Waals surface area contributed by atoms with Gasteiger partial charge in [-0.3, -0.25) is 0 Å². The van der Waals surface area contributed by atoms with Crippen molar-refractivity contribution in [3.05, 3.63) is 205 Å². The number of amidine groups is 2. The quantitative estimate of drug-likeness (QED) is 0.190. The second kappa shape index (κ2) is 12.9. The molecule has 0 saturated carbocycles. The van der Waals surface area contributed by atoms with Crippen LogP contribution >= 0.6 is 0 Å². The molecule has 9 aromatic rings. The highest BCUT2D eigenvalue weighted by Crippen LogP contribution is 2.40. The van der Waals surface area contributed by atoms with Gasteiger partial charge in [-0.25, -0.2) is 9.98 Å². The lowest BCUT2D eigenvalue weighted by molar-refractivity contribution is 0.669. The van der Waals surface area contributed by atoms with Crippen molar-refractivity contribution in [3.8, 4) is 33.4 Å². The first-order valence-corrected chi connectivity index (χ1v) is 17.9. The summed E-state index contributed by atoms with van der Waals surface area (Å²) in [4.78, 5) is 10.5. The first-order chi connectivity index (χ1) is 26.2. The maximum absolute atomic E-state index is 6.67. The fourth-order valence-electron chi connectivity index (χ4n) is 7.42. The lowest BCUT2D eigenvalue weighted by Crippen LogP contribution is -2.33. The van der Waals surface area contributed by atoms with Crippen LogP contribution in [0.2, 0.25) is 0 Å². The van der Waals surface area contributed by atoms with Gasteiger partial charge in [0.15, 0.2) is 5.84 Å². The summed E-state index contributed by atoms with van der Waals surface area (Å²) in [5.41, 5.74) is 11.5. The maximum atomic E-state index is 6.67. The van der Waals surface area contributed by atoms with Crippen LogP contribution in [0, 0.1) is 0 Å². The van der Waals surface area contributed by atoms with Gasteiger partial charge in [0.1, 0.15) is 23.2 Å². The molecule has 1 aliphatic heterocycles. The van der Waals surface area contributed by atoms with Crippen molar-refractivity contribution in [2.75, 3.05) is 0 Å². The first kappa shape index (κ1) is 30.8. The Morgan fingerprint density at radius 1 is 0.453 bits per heavy atom. The van der Waals surface area contributed by atoms with Crippen LogP contribution < -0.4 is 5.32 Å². The van der Waals surface area contributed by atoms with Gasteiger partial charge in [-0.05, 0) is 68.4 Å². The van der Waals surface area contributed by atoms with Crippen LogP contribution in [-0.2, 0) is 0 Å². The normalized spacial score (nSPS) is 14.2. The number of aliphatic imine (C=N–C) groups is 2. The summed E-state index contributed by atoms with van der Waals surface area (Å²) in [6.45, 7) is 0. The Balaban J connectivity index is 1.07. The third-order valence-electron chi connectivity index (χ3n) is 10.2. The van der Waals surface area contributed by atoms with Gasteiger partial charge in [-0.15, -0.1) is 0 Å². The van der Waals surface area contributed by atoms with Crippen molar-refractivity contribution >= 4 is 44.4 Å². The topological polar surface area (TPSA) is 49.9 Å². The van der Waals surface area contributed by atoms with E-state index < -0.39 is 0 Å². The monoisotopic (exact) mass is 679 g/mol. The molecule has 1 aliphatic rings. The molecule has 8 aromatic carbocycles. The summed E-state index contributed by atoms with van der Waals surface area (Å²) in [6.07, 6.45) is -0.347. The number of nitrogens with one attached hydrogen (secondary N) is 1. The highest BCUT2D eigenvalue weighted by molar-refractivity contribution is 6.23. The van der Waals surface area contributed by atoms with Crippen molar-refractivity contribution < 1.29 is 4.42 Å². The number of nitrogens with zero attached hydrogens (tertiary/aromatic N) is 2. The van der Waals surface area contributed by atoms with Gasteiger partial charge in [0.25, 0.3) is 0 Å². The van der Waals surface area contributed by atoms with E-state index in [0.29, 0.717) is 5.84 Å². The summed E-state index contributed by atoms with van der Waals surface area (Å²) in [6, 6.07) is 65.8. The van der Waals surface area contributed by atoms with Crippen LogP contribution in [0.1, 0.15) is 22.9 Å². The van der Waals surface area contributed by atoms with Crippen molar-refractivity contribution in [2.45, 2.75) is 6.17 Å². The molecular weight excluding hydrogens is 647 g/mol. The Labute approximate surface area is 307 Å². The number of para-hydroxylation sites is 1. The molecule has 4 nitrogen and oxygen atoms in total. The fraction of sp³-hybridized carbons (Fsp3) is 0.0204. The van der Waals surface area contributed by atoms with E-state index in [1.54, 1.807) is 0 Å². The number of rotatable bonds is 6. The molecule has 1 aromatic heterocycles. The Morgan fingerprint density at radius 2 is 1.02 bits per heavy atom. The van der Waals surface area contributed by atoms with Gasteiger partial charge in [0.05, 0.1) is 0 Å². The van der Waals surface area contributed by atoms with Crippen LogP contribution in [0.5, 0.6) is 0 Å². The fourth-order valence-corrected chi connectivity index (χ4v) is 7.42. The molecule has 0 spiro atoms. The zero-order valence-corrected chi connectivity index (χ0v) is 28.8. The molecular formula is C49H33N3O. The van der Waals surface area contributed by atoms with Crippen molar-refractivity contribution in [1.29, 1.82) is 0 Å². The minimum absolute atomic E-state index is 0.347. The number of hydrogen-bond donors (Lipinski definition) is 1. The Morgan fingerprint density at radius 3 is 1.75 bits per heavy atom. The van der Waals surface area contributed by atoms with E-state index in [9.17, 15) is 0 Å². The lowest BCUT2D eigenvalue weighted by Gasteiger charge is -2.24. The van der Waals surface area contributed by atoms with Crippen LogP contribution in [0.3, 0.4) is 0 Å². The molecule has 0 aliphatic carbocycles. The summed E-state index contributed by atoms with van der Waals surface area (Å²) in [5, 5.41) is 8.09. The highest BCUT2D eigenvalue weighted by atomic mass is 16.3. The minimum Gasteiger partial charge on any atom is -0.455 e. The van der Waals surface area contributed by atoms with Crippen LogP contribution in [0.15, 0.2) is 202 Å². The Kier molecular flexibility index (Phi) is 7.51. The SMILES string of the molecule is c1ccc(C2=NC(c3ccc(-c4ccc5ccccc5c4)c4oc5ccccc5c34)=NC(c3ccc(-c4ccc(-c5ccccc5)cc4)cc3)N2)cc1. The third-order valence-corrected chi connectivity index (χ3v) is 10.2. The Bertz CT molecular complexity index is 2830. The van der Waals surface area contributed by atoms with Gasteiger partial charge < -0.3 is 9.73 Å². The van der Waals surface area contributed by atoms with Crippen molar-refractivity contribution in [3.63, 3.8) is 0 Å². The smallest absolute Gasteiger partial charge is 0.160 e. The maximum Gasteiger partial charge on any atom is 0.160 e. The number of hydrogen-bond acceptors (Lipinski definition) is 4. The van der Waals surface area contributed by atoms with Gasteiger partial charge in [0, 0.05) is 27.5 Å². The molecule has 2 heterocycles. The van der Waals surface area contributed by atoms with E-state index in [1.165, 1.54) is 27.5 Å². The second-order valence-corrected chi connectivity index (χ2v) is 13.4. The predicted octanol–water partition coefficient (Wildman–Crippen LogP) is 12.2. The van der Waals surface area contributed by atoms with E-state index in [1.807, 2.05) is 36.4 Å². The average Bonchev–Trinajstić information content (AvgIpc) is 3.64. The molecule has 0 saturated heterocycles. The highest BCUT2D eigenvalue weighted by Gasteiger charge is 2.25. The molecule has 10 rings (SSSR count). The number of benzene rings is 8. The molecule has 1 N–H and O–H groups in total. The molecule has 0 amide bonds. The zero-order valence-electron chi connectivity index (χ0n) is 28.8.